The molecule has 0 atom stereocenters. The van der Waals surface area contributed by atoms with Gasteiger partial charge in [-0.15, -0.1) is 0 Å². The number of hydrogen-bond donors (Lipinski definition) is 1. The fourth-order valence-electron chi connectivity index (χ4n) is 2.90. The molecule has 148 valence electrons. The van der Waals surface area contributed by atoms with Gasteiger partial charge in [-0.05, 0) is 30.3 Å². The second-order valence-corrected chi connectivity index (χ2v) is 7.97. The highest BCUT2D eigenvalue weighted by Gasteiger charge is 2.34. The molecule has 28 heavy (non-hydrogen) atoms. The number of alkyl halides is 3. The summed E-state index contributed by atoms with van der Waals surface area (Å²) in [5.74, 6) is -1.48. The summed E-state index contributed by atoms with van der Waals surface area (Å²) in [6.07, 6.45) is -4.94. The molecule has 0 heterocycles. The normalized spacial score (nSPS) is 12.2. The van der Waals surface area contributed by atoms with Crippen LogP contribution >= 0.6 is 0 Å². The SMILES string of the molecule is CN(C)c1cccc2c(S(=O)(=O)Nc3ccc(F)c(C(F)(F)F)c3)cccc12. The minimum Gasteiger partial charge on any atom is -0.377 e. The summed E-state index contributed by atoms with van der Waals surface area (Å²) in [5.41, 5.74) is -1.13. The van der Waals surface area contributed by atoms with E-state index in [4.69, 9.17) is 0 Å². The molecule has 0 aliphatic carbocycles. The van der Waals surface area contributed by atoms with Crippen molar-refractivity contribution in [1.82, 2.24) is 0 Å². The van der Waals surface area contributed by atoms with E-state index < -0.39 is 27.6 Å². The zero-order valence-electron chi connectivity index (χ0n) is 14.9. The van der Waals surface area contributed by atoms with Crippen LogP contribution in [0.15, 0.2) is 59.5 Å². The van der Waals surface area contributed by atoms with Crippen LogP contribution in [0.3, 0.4) is 0 Å². The molecule has 0 fully saturated rings. The molecule has 0 aliphatic rings. The van der Waals surface area contributed by atoms with E-state index in [9.17, 15) is 26.0 Å². The van der Waals surface area contributed by atoms with E-state index in [2.05, 4.69) is 4.72 Å². The van der Waals surface area contributed by atoms with Crippen LogP contribution in [0, 0.1) is 5.82 Å². The van der Waals surface area contributed by atoms with Gasteiger partial charge in [-0.2, -0.15) is 13.2 Å². The number of nitrogens with zero attached hydrogens (tertiary/aromatic N) is 1. The van der Waals surface area contributed by atoms with Crippen molar-refractivity contribution in [3.05, 3.63) is 66.0 Å². The van der Waals surface area contributed by atoms with Gasteiger partial charge in [0.1, 0.15) is 5.82 Å². The third-order valence-electron chi connectivity index (χ3n) is 4.15. The van der Waals surface area contributed by atoms with Crippen molar-refractivity contribution in [3.8, 4) is 0 Å². The van der Waals surface area contributed by atoms with Crippen LogP contribution in [0.25, 0.3) is 10.8 Å². The minimum atomic E-state index is -4.94. The van der Waals surface area contributed by atoms with E-state index in [-0.39, 0.29) is 10.6 Å². The maximum absolute atomic E-state index is 13.4. The molecule has 0 bridgehead atoms. The molecule has 4 nitrogen and oxygen atoms in total. The number of hydrogen-bond acceptors (Lipinski definition) is 3. The van der Waals surface area contributed by atoms with Crippen molar-refractivity contribution in [2.75, 3.05) is 23.7 Å². The molecular formula is C19H16F4N2O2S. The Morgan fingerprint density at radius 3 is 2.21 bits per heavy atom. The average Bonchev–Trinajstić information content (AvgIpc) is 2.61. The van der Waals surface area contributed by atoms with E-state index in [0.29, 0.717) is 22.9 Å². The molecule has 1 N–H and O–H groups in total. The molecule has 0 aromatic heterocycles. The molecule has 0 saturated heterocycles. The third kappa shape index (κ3) is 3.75. The predicted molar refractivity (Wildman–Crippen MR) is 100 cm³/mol. The number of anilines is 2. The first-order valence-electron chi connectivity index (χ1n) is 8.09. The van der Waals surface area contributed by atoms with Crippen molar-refractivity contribution in [2.24, 2.45) is 0 Å². The molecule has 0 amide bonds. The van der Waals surface area contributed by atoms with Crippen LogP contribution in [0.5, 0.6) is 0 Å². The van der Waals surface area contributed by atoms with Crippen molar-refractivity contribution in [1.29, 1.82) is 0 Å². The summed E-state index contributed by atoms with van der Waals surface area (Å²) < 4.78 is 79.9. The monoisotopic (exact) mass is 412 g/mol. The number of fused-ring (bicyclic) bond motifs is 1. The van der Waals surface area contributed by atoms with Crippen molar-refractivity contribution in [2.45, 2.75) is 11.1 Å². The molecule has 0 spiro atoms. The highest BCUT2D eigenvalue weighted by Crippen LogP contribution is 2.34. The molecule has 3 aromatic carbocycles. The Morgan fingerprint density at radius 1 is 0.929 bits per heavy atom. The lowest BCUT2D eigenvalue weighted by Gasteiger charge is -2.17. The van der Waals surface area contributed by atoms with Crippen LogP contribution in [0.2, 0.25) is 0 Å². The highest BCUT2D eigenvalue weighted by molar-refractivity contribution is 7.93. The zero-order chi connectivity index (χ0) is 20.7. The van der Waals surface area contributed by atoms with E-state index in [1.807, 2.05) is 25.1 Å². The smallest absolute Gasteiger partial charge is 0.377 e. The fraction of sp³-hybridized carbons (Fsp3) is 0.158. The Balaban J connectivity index is 2.09. The molecule has 0 radical (unpaired) electrons. The lowest BCUT2D eigenvalue weighted by Crippen LogP contribution is -2.15. The first-order chi connectivity index (χ1) is 13.0. The Morgan fingerprint density at radius 2 is 1.57 bits per heavy atom. The first-order valence-corrected chi connectivity index (χ1v) is 9.57. The summed E-state index contributed by atoms with van der Waals surface area (Å²) >= 11 is 0. The quantitative estimate of drug-likeness (QED) is 0.623. The van der Waals surface area contributed by atoms with Crippen LogP contribution in [-0.4, -0.2) is 22.5 Å². The van der Waals surface area contributed by atoms with Crippen molar-refractivity contribution >= 4 is 32.2 Å². The standard InChI is InChI=1S/C19H16F4N2O2S/c1-25(2)17-7-3-6-14-13(17)5-4-8-18(14)28(26,27)24-12-9-10-16(20)15(11-12)19(21,22)23/h3-11,24H,1-2H3. The lowest BCUT2D eigenvalue weighted by atomic mass is 10.1. The molecule has 0 saturated carbocycles. The maximum atomic E-state index is 13.4. The van der Waals surface area contributed by atoms with Crippen molar-refractivity contribution < 1.29 is 26.0 Å². The van der Waals surface area contributed by atoms with Gasteiger partial charge in [0.25, 0.3) is 10.0 Å². The zero-order valence-corrected chi connectivity index (χ0v) is 15.7. The molecule has 3 rings (SSSR count). The number of halogens is 4. The van der Waals surface area contributed by atoms with E-state index in [1.165, 1.54) is 6.07 Å². The van der Waals surface area contributed by atoms with Gasteiger partial charge in [0.05, 0.1) is 10.5 Å². The molecular weight excluding hydrogens is 396 g/mol. The van der Waals surface area contributed by atoms with Crippen LogP contribution < -0.4 is 9.62 Å². The van der Waals surface area contributed by atoms with Gasteiger partial charge in [0.2, 0.25) is 0 Å². The summed E-state index contributed by atoms with van der Waals surface area (Å²) in [4.78, 5) is 1.73. The number of rotatable bonds is 4. The van der Waals surface area contributed by atoms with E-state index in [1.54, 1.807) is 24.3 Å². The third-order valence-corrected chi connectivity index (χ3v) is 5.59. The fourth-order valence-corrected chi connectivity index (χ4v) is 4.18. The molecule has 0 unspecified atom stereocenters. The van der Waals surface area contributed by atoms with Crippen molar-refractivity contribution in [3.63, 3.8) is 0 Å². The largest absolute Gasteiger partial charge is 0.419 e. The van der Waals surface area contributed by atoms with Crippen LogP contribution in [0.4, 0.5) is 28.9 Å². The van der Waals surface area contributed by atoms with Crippen LogP contribution in [0.1, 0.15) is 5.56 Å². The number of sulfonamides is 1. The average molecular weight is 412 g/mol. The Bertz CT molecular complexity index is 1140. The molecule has 9 heteroatoms. The van der Waals surface area contributed by atoms with Gasteiger partial charge in [-0.25, -0.2) is 12.8 Å². The van der Waals surface area contributed by atoms with Gasteiger partial charge in [-0.1, -0.05) is 24.3 Å². The Kier molecular flexibility index (Phi) is 4.97. The van der Waals surface area contributed by atoms with Gasteiger partial charge >= 0.3 is 6.18 Å². The second-order valence-electron chi connectivity index (χ2n) is 6.32. The predicted octanol–water partition coefficient (Wildman–Crippen LogP) is 4.86. The van der Waals surface area contributed by atoms with Gasteiger partial charge in [0.15, 0.2) is 0 Å². The molecule has 0 aliphatic heterocycles. The van der Waals surface area contributed by atoms with E-state index in [0.717, 1.165) is 11.8 Å². The number of benzene rings is 3. The highest BCUT2D eigenvalue weighted by atomic mass is 32.2. The summed E-state index contributed by atoms with van der Waals surface area (Å²) in [5, 5.41) is 1.09. The lowest BCUT2D eigenvalue weighted by molar-refractivity contribution is -0.139. The van der Waals surface area contributed by atoms with E-state index >= 15 is 0 Å². The minimum absolute atomic E-state index is 0.0911. The maximum Gasteiger partial charge on any atom is 0.419 e. The molecule has 3 aromatic rings. The Hall–Kier alpha value is -2.81. The summed E-state index contributed by atoms with van der Waals surface area (Å²) in [7, 11) is -0.594. The van der Waals surface area contributed by atoms with Gasteiger partial charge in [-0.3, -0.25) is 4.72 Å². The number of nitrogens with one attached hydrogen (secondary N) is 1. The topological polar surface area (TPSA) is 49.4 Å². The summed E-state index contributed by atoms with van der Waals surface area (Å²) in [6, 6.07) is 11.7. The van der Waals surface area contributed by atoms with Crippen LogP contribution in [-0.2, 0) is 16.2 Å². The summed E-state index contributed by atoms with van der Waals surface area (Å²) in [6.45, 7) is 0. The first kappa shape index (κ1) is 19.9. The van der Waals surface area contributed by atoms with Gasteiger partial charge in [0, 0.05) is 36.2 Å². The second kappa shape index (κ2) is 6.97. The van der Waals surface area contributed by atoms with Gasteiger partial charge < -0.3 is 4.90 Å². The Labute approximate surface area is 159 Å².